The highest BCUT2D eigenvalue weighted by Crippen LogP contribution is 2.32. The average molecular weight is 302 g/mol. The largest absolute Gasteiger partial charge is 0.379 e. The van der Waals surface area contributed by atoms with E-state index >= 15 is 0 Å². The average Bonchev–Trinajstić information content (AvgIpc) is 2.22. The Bertz CT molecular complexity index is 355. The van der Waals surface area contributed by atoms with Crippen molar-refractivity contribution in [3.8, 4) is 0 Å². The fourth-order valence-corrected chi connectivity index (χ4v) is 3.05. The van der Waals surface area contributed by atoms with Crippen molar-refractivity contribution in [2.24, 2.45) is 0 Å². The molecule has 1 aliphatic rings. The summed E-state index contributed by atoms with van der Waals surface area (Å²) in [4.78, 5) is 1.37. The number of hydrogen-bond donors (Lipinski definition) is 1. The zero-order valence-corrected chi connectivity index (χ0v) is 11.7. The topological polar surface area (TPSA) is 21.3 Å². The SMILES string of the molecule is CCNCc1cc(Br)ccc1SC1COC1. The maximum absolute atomic E-state index is 5.21. The monoisotopic (exact) mass is 301 g/mol. The molecule has 0 atom stereocenters. The normalized spacial score (nSPS) is 16.1. The third kappa shape index (κ3) is 3.23. The number of thioether (sulfide) groups is 1. The number of rotatable bonds is 5. The summed E-state index contributed by atoms with van der Waals surface area (Å²) in [7, 11) is 0. The van der Waals surface area contributed by atoms with Crippen LogP contribution in [0.4, 0.5) is 0 Å². The maximum atomic E-state index is 5.21. The first-order chi connectivity index (χ1) is 7.79. The minimum atomic E-state index is 0.640. The molecule has 0 bridgehead atoms. The van der Waals surface area contributed by atoms with Crippen LogP contribution in [0.1, 0.15) is 12.5 Å². The molecule has 88 valence electrons. The first-order valence-electron chi connectivity index (χ1n) is 5.53. The Morgan fingerprint density at radius 3 is 2.94 bits per heavy atom. The van der Waals surface area contributed by atoms with Gasteiger partial charge >= 0.3 is 0 Å². The van der Waals surface area contributed by atoms with Crippen LogP contribution in [0.2, 0.25) is 0 Å². The molecule has 16 heavy (non-hydrogen) atoms. The molecule has 1 saturated heterocycles. The van der Waals surface area contributed by atoms with E-state index in [2.05, 4.69) is 46.4 Å². The van der Waals surface area contributed by atoms with Gasteiger partial charge in [0.25, 0.3) is 0 Å². The Hall–Kier alpha value is -0.0300. The molecule has 0 aromatic heterocycles. The van der Waals surface area contributed by atoms with E-state index in [0.717, 1.165) is 30.8 Å². The summed E-state index contributed by atoms with van der Waals surface area (Å²) in [6.07, 6.45) is 0. The predicted octanol–water partition coefficient (Wildman–Crippen LogP) is 3.05. The number of hydrogen-bond acceptors (Lipinski definition) is 3. The van der Waals surface area contributed by atoms with Crippen molar-refractivity contribution < 1.29 is 4.74 Å². The fourth-order valence-electron chi connectivity index (χ4n) is 1.52. The highest BCUT2D eigenvalue weighted by atomic mass is 79.9. The molecular weight excluding hydrogens is 286 g/mol. The lowest BCUT2D eigenvalue weighted by Crippen LogP contribution is -2.30. The van der Waals surface area contributed by atoms with Crippen molar-refractivity contribution in [2.75, 3.05) is 19.8 Å². The van der Waals surface area contributed by atoms with Crippen LogP contribution < -0.4 is 5.32 Å². The van der Waals surface area contributed by atoms with Gasteiger partial charge in [-0.3, -0.25) is 0 Å². The third-order valence-electron chi connectivity index (χ3n) is 2.49. The second-order valence-electron chi connectivity index (χ2n) is 3.81. The lowest BCUT2D eigenvalue weighted by Gasteiger charge is -2.26. The molecular formula is C12H16BrNOS. The third-order valence-corrected chi connectivity index (χ3v) is 4.24. The van der Waals surface area contributed by atoms with Gasteiger partial charge in [0.2, 0.25) is 0 Å². The van der Waals surface area contributed by atoms with Crippen molar-refractivity contribution >= 4 is 27.7 Å². The number of halogens is 1. The Labute approximate surface area is 109 Å². The lowest BCUT2D eigenvalue weighted by atomic mass is 10.2. The van der Waals surface area contributed by atoms with Crippen molar-refractivity contribution in [3.63, 3.8) is 0 Å². The van der Waals surface area contributed by atoms with E-state index < -0.39 is 0 Å². The molecule has 0 aliphatic carbocycles. The summed E-state index contributed by atoms with van der Waals surface area (Å²) in [6.45, 7) is 5.85. The van der Waals surface area contributed by atoms with E-state index in [-0.39, 0.29) is 0 Å². The van der Waals surface area contributed by atoms with Crippen molar-refractivity contribution in [1.29, 1.82) is 0 Å². The molecule has 1 heterocycles. The Morgan fingerprint density at radius 1 is 1.50 bits per heavy atom. The standard InChI is InChI=1S/C12H16BrNOS/c1-2-14-6-9-5-10(13)3-4-12(9)16-11-7-15-8-11/h3-5,11,14H,2,6-8H2,1H3. The number of ether oxygens (including phenoxy) is 1. The highest BCUT2D eigenvalue weighted by Gasteiger charge is 2.20. The van der Waals surface area contributed by atoms with Crippen LogP contribution in [-0.4, -0.2) is 25.0 Å². The van der Waals surface area contributed by atoms with Crippen LogP contribution in [0.3, 0.4) is 0 Å². The van der Waals surface area contributed by atoms with Crippen molar-refractivity contribution in [2.45, 2.75) is 23.6 Å². The molecule has 0 radical (unpaired) electrons. The lowest BCUT2D eigenvalue weighted by molar-refractivity contribution is 0.0455. The molecule has 1 fully saturated rings. The highest BCUT2D eigenvalue weighted by molar-refractivity contribution is 9.10. The minimum Gasteiger partial charge on any atom is -0.379 e. The molecule has 2 nitrogen and oxygen atoms in total. The molecule has 0 saturated carbocycles. The van der Waals surface area contributed by atoms with Gasteiger partial charge in [0.1, 0.15) is 0 Å². The second-order valence-corrected chi connectivity index (χ2v) is 6.07. The van der Waals surface area contributed by atoms with Gasteiger partial charge in [-0.1, -0.05) is 22.9 Å². The summed E-state index contributed by atoms with van der Waals surface area (Å²) in [5, 5.41) is 4.02. The van der Waals surface area contributed by atoms with E-state index in [1.54, 1.807) is 0 Å². The Kier molecular flexibility index (Phi) is 4.70. The van der Waals surface area contributed by atoms with Gasteiger partial charge in [-0.15, -0.1) is 11.8 Å². The van der Waals surface area contributed by atoms with Gasteiger partial charge in [0.05, 0.1) is 18.5 Å². The van der Waals surface area contributed by atoms with E-state index in [9.17, 15) is 0 Å². The smallest absolute Gasteiger partial charge is 0.0611 e. The number of benzene rings is 1. The van der Waals surface area contributed by atoms with Crippen LogP contribution in [0.25, 0.3) is 0 Å². The van der Waals surface area contributed by atoms with Gasteiger partial charge in [0, 0.05) is 15.9 Å². The first-order valence-corrected chi connectivity index (χ1v) is 7.20. The molecule has 0 amide bonds. The van der Waals surface area contributed by atoms with Gasteiger partial charge in [-0.2, -0.15) is 0 Å². The van der Waals surface area contributed by atoms with E-state index in [0.29, 0.717) is 5.25 Å². The molecule has 0 unspecified atom stereocenters. The van der Waals surface area contributed by atoms with Gasteiger partial charge < -0.3 is 10.1 Å². The molecule has 0 spiro atoms. The second kappa shape index (κ2) is 6.05. The molecule has 1 N–H and O–H groups in total. The molecule has 1 aromatic carbocycles. The van der Waals surface area contributed by atoms with Crippen molar-refractivity contribution in [1.82, 2.24) is 5.32 Å². The summed E-state index contributed by atoms with van der Waals surface area (Å²) >= 11 is 5.45. The van der Waals surface area contributed by atoms with Crippen LogP contribution in [-0.2, 0) is 11.3 Å². The van der Waals surface area contributed by atoms with Crippen LogP contribution in [0.15, 0.2) is 27.6 Å². The Balaban J connectivity index is 2.07. The minimum absolute atomic E-state index is 0.640. The quantitative estimate of drug-likeness (QED) is 0.903. The van der Waals surface area contributed by atoms with Crippen molar-refractivity contribution in [3.05, 3.63) is 28.2 Å². The number of nitrogens with one attached hydrogen (secondary N) is 1. The summed E-state index contributed by atoms with van der Waals surface area (Å²) < 4.78 is 6.35. The summed E-state index contributed by atoms with van der Waals surface area (Å²) in [5.74, 6) is 0. The summed E-state index contributed by atoms with van der Waals surface area (Å²) in [5.41, 5.74) is 1.37. The molecule has 1 aromatic rings. The predicted molar refractivity (Wildman–Crippen MR) is 72.0 cm³/mol. The maximum Gasteiger partial charge on any atom is 0.0611 e. The van der Waals surface area contributed by atoms with E-state index in [4.69, 9.17) is 4.74 Å². The van der Waals surface area contributed by atoms with E-state index in [1.165, 1.54) is 10.5 Å². The van der Waals surface area contributed by atoms with Crippen LogP contribution in [0, 0.1) is 0 Å². The fraction of sp³-hybridized carbons (Fsp3) is 0.500. The summed E-state index contributed by atoms with van der Waals surface area (Å²) in [6, 6.07) is 6.50. The van der Waals surface area contributed by atoms with E-state index in [1.807, 2.05) is 11.8 Å². The van der Waals surface area contributed by atoms with Gasteiger partial charge in [0.15, 0.2) is 0 Å². The Morgan fingerprint density at radius 2 is 2.31 bits per heavy atom. The van der Waals surface area contributed by atoms with Crippen LogP contribution in [0.5, 0.6) is 0 Å². The first kappa shape index (κ1) is 12.4. The zero-order chi connectivity index (χ0) is 11.4. The zero-order valence-electron chi connectivity index (χ0n) is 9.33. The molecule has 4 heteroatoms. The molecule has 2 rings (SSSR count). The van der Waals surface area contributed by atoms with Crippen LogP contribution >= 0.6 is 27.7 Å². The van der Waals surface area contributed by atoms with Gasteiger partial charge in [-0.25, -0.2) is 0 Å². The molecule has 1 aliphatic heterocycles. The van der Waals surface area contributed by atoms with Gasteiger partial charge in [-0.05, 0) is 30.3 Å².